The molecule has 2 rings (SSSR count). The van der Waals surface area contributed by atoms with Crippen molar-refractivity contribution in [3.05, 3.63) is 29.6 Å². The minimum atomic E-state index is -0.537. The maximum atomic E-state index is 13.4. The zero-order valence-electron chi connectivity index (χ0n) is 9.38. The molecule has 3 nitrogen and oxygen atoms in total. The first-order valence-electron chi connectivity index (χ1n) is 5.26. The molecule has 0 bridgehead atoms. The summed E-state index contributed by atoms with van der Waals surface area (Å²) in [5.41, 5.74) is 6.06. The van der Waals surface area contributed by atoms with Gasteiger partial charge in [0.25, 0.3) is 5.91 Å². The van der Waals surface area contributed by atoms with Crippen LogP contribution in [0, 0.1) is 11.2 Å². The number of hydrogen-bond donors (Lipinski definition) is 2. The van der Waals surface area contributed by atoms with Crippen molar-refractivity contribution in [1.82, 2.24) is 5.32 Å². The van der Waals surface area contributed by atoms with Crippen LogP contribution in [0.3, 0.4) is 0 Å². The van der Waals surface area contributed by atoms with Gasteiger partial charge in [0, 0.05) is 11.7 Å². The fourth-order valence-corrected chi connectivity index (χ4v) is 1.67. The molecule has 1 aliphatic rings. The summed E-state index contributed by atoms with van der Waals surface area (Å²) in [7, 11) is 0. The summed E-state index contributed by atoms with van der Waals surface area (Å²) < 4.78 is 13.4. The lowest BCUT2D eigenvalue weighted by molar-refractivity contribution is 0.0942. The Morgan fingerprint density at radius 1 is 1.56 bits per heavy atom. The Bertz CT molecular complexity index is 443. The molecule has 4 heteroatoms. The third-order valence-corrected chi connectivity index (χ3v) is 3.05. The van der Waals surface area contributed by atoms with Crippen LogP contribution >= 0.6 is 0 Å². The first-order valence-corrected chi connectivity index (χ1v) is 5.26. The van der Waals surface area contributed by atoms with Crippen LogP contribution in [-0.2, 0) is 0 Å². The average molecular weight is 222 g/mol. The van der Waals surface area contributed by atoms with E-state index >= 15 is 0 Å². The molecule has 1 saturated carbocycles. The molecule has 1 aliphatic carbocycles. The van der Waals surface area contributed by atoms with Crippen molar-refractivity contribution in [2.75, 3.05) is 5.73 Å². The van der Waals surface area contributed by atoms with Crippen LogP contribution in [0.5, 0.6) is 0 Å². The predicted octanol–water partition coefficient (Wildman–Crippen LogP) is 1.94. The van der Waals surface area contributed by atoms with E-state index in [0.29, 0.717) is 5.69 Å². The number of anilines is 1. The summed E-state index contributed by atoms with van der Waals surface area (Å²) in [5, 5.41) is 2.79. The molecule has 86 valence electrons. The molecule has 1 amide bonds. The van der Waals surface area contributed by atoms with Gasteiger partial charge in [0.1, 0.15) is 5.82 Å². The second kappa shape index (κ2) is 3.47. The second-order valence-corrected chi connectivity index (χ2v) is 4.96. The van der Waals surface area contributed by atoms with Crippen molar-refractivity contribution in [1.29, 1.82) is 0 Å². The molecular formula is C12H15FN2O. The second-order valence-electron chi connectivity index (χ2n) is 4.96. The first kappa shape index (κ1) is 10.9. The number of nitrogens with one attached hydrogen (secondary N) is 1. The third-order valence-electron chi connectivity index (χ3n) is 3.05. The highest BCUT2D eigenvalue weighted by molar-refractivity contribution is 5.95. The van der Waals surface area contributed by atoms with Crippen molar-refractivity contribution < 1.29 is 9.18 Å². The van der Waals surface area contributed by atoms with E-state index in [9.17, 15) is 9.18 Å². The number of hydrogen-bond acceptors (Lipinski definition) is 2. The quantitative estimate of drug-likeness (QED) is 0.751. The minimum Gasteiger partial charge on any atom is -0.399 e. The summed E-state index contributed by atoms with van der Waals surface area (Å²) in [6.45, 7) is 4.13. The number of carbonyl (C=O) groups is 1. The van der Waals surface area contributed by atoms with Gasteiger partial charge in [-0.2, -0.15) is 0 Å². The van der Waals surface area contributed by atoms with Crippen LogP contribution in [-0.4, -0.2) is 11.9 Å². The standard InChI is InChI=1S/C12H15FN2O/c1-12(2)6-10(12)15-11(16)8-5-7(14)3-4-9(8)13/h3-5,10H,6,14H2,1-2H3,(H,15,16). The number of carbonyl (C=O) groups excluding carboxylic acids is 1. The van der Waals surface area contributed by atoms with Gasteiger partial charge in [-0.1, -0.05) is 13.8 Å². The highest BCUT2D eigenvalue weighted by atomic mass is 19.1. The maximum Gasteiger partial charge on any atom is 0.254 e. The smallest absolute Gasteiger partial charge is 0.254 e. The van der Waals surface area contributed by atoms with E-state index in [0.717, 1.165) is 6.42 Å². The van der Waals surface area contributed by atoms with Gasteiger partial charge in [0.05, 0.1) is 5.56 Å². The predicted molar refractivity (Wildman–Crippen MR) is 60.5 cm³/mol. The summed E-state index contributed by atoms with van der Waals surface area (Å²) in [6.07, 6.45) is 0.933. The molecule has 1 atom stereocenters. The monoisotopic (exact) mass is 222 g/mol. The molecule has 1 fully saturated rings. The topological polar surface area (TPSA) is 55.1 Å². The van der Waals surface area contributed by atoms with E-state index in [4.69, 9.17) is 5.73 Å². The Hall–Kier alpha value is -1.58. The Morgan fingerprint density at radius 2 is 2.19 bits per heavy atom. The number of nitrogens with two attached hydrogens (primary N) is 1. The highest BCUT2D eigenvalue weighted by Gasteiger charge is 2.46. The Balaban J connectivity index is 2.12. The summed E-state index contributed by atoms with van der Waals surface area (Å²) in [4.78, 5) is 11.7. The van der Waals surface area contributed by atoms with Gasteiger partial charge in [-0.15, -0.1) is 0 Å². The van der Waals surface area contributed by atoms with E-state index in [1.165, 1.54) is 18.2 Å². The van der Waals surface area contributed by atoms with Crippen molar-refractivity contribution >= 4 is 11.6 Å². The van der Waals surface area contributed by atoms with E-state index < -0.39 is 5.82 Å². The zero-order valence-corrected chi connectivity index (χ0v) is 9.38. The van der Waals surface area contributed by atoms with Crippen LogP contribution in [0.15, 0.2) is 18.2 Å². The van der Waals surface area contributed by atoms with E-state index in [1.54, 1.807) is 0 Å². The van der Waals surface area contributed by atoms with Gasteiger partial charge in [0.15, 0.2) is 0 Å². The van der Waals surface area contributed by atoms with Crippen LogP contribution in [0.2, 0.25) is 0 Å². The molecule has 0 saturated heterocycles. The van der Waals surface area contributed by atoms with E-state index in [1.807, 2.05) is 0 Å². The van der Waals surface area contributed by atoms with Gasteiger partial charge in [-0.05, 0) is 30.0 Å². The Kier molecular flexibility index (Phi) is 2.37. The first-order chi connectivity index (χ1) is 7.40. The van der Waals surface area contributed by atoms with Crippen molar-refractivity contribution in [2.24, 2.45) is 5.41 Å². The molecule has 1 aromatic rings. The van der Waals surface area contributed by atoms with Crippen LogP contribution in [0.1, 0.15) is 30.6 Å². The van der Waals surface area contributed by atoms with Crippen LogP contribution < -0.4 is 11.1 Å². The Morgan fingerprint density at radius 3 is 2.75 bits per heavy atom. The fourth-order valence-electron chi connectivity index (χ4n) is 1.67. The third kappa shape index (κ3) is 2.01. The number of nitrogen functional groups attached to an aromatic ring is 1. The lowest BCUT2D eigenvalue weighted by atomic mass is 10.1. The highest BCUT2D eigenvalue weighted by Crippen LogP contribution is 2.44. The number of amides is 1. The molecule has 0 radical (unpaired) electrons. The molecule has 16 heavy (non-hydrogen) atoms. The van der Waals surface area contributed by atoms with Gasteiger partial charge in [-0.25, -0.2) is 4.39 Å². The van der Waals surface area contributed by atoms with Crippen molar-refractivity contribution in [2.45, 2.75) is 26.3 Å². The lowest BCUT2D eigenvalue weighted by Crippen LogP contribution is -2.29. The Labute approximate surface area is 93.8 Å². The van der Waals surface area contributed by atoms with Gasteiger partial charge >= 0.3 is 0 Å². The van der Waals surface area contributed by atoms with Crippen molar-refractivity contribution in [3.8, 4) is 0 Å². The number of halogens is 1. The molecule has 0 aliphatic heterocycles. The molecule has 3 N–H and O–H groups in total. The lowest BCUT2D eigenvalue weighted by Gasteiger charge is -2.08. The molecule has 1 unspecified atom stereocenters. The zero-order chi connectivity index (χ0) is 11.9. The summed E-state index contributed by atoms with van der Waals surface area (Å²) in [6, 6.07) is 4.15. The molecule has 1 aromatic carbocycles. The summed E-state index contributed by atoms with van der Waals surface area (Å²) in [5.74, 6) is -0.925. The van der Waals surface area contributed by atoms with Crippen molar-refractivity contribution in [3.63, 3.8) is 0 Å². The van der Waals surface area contributed by atoms with Gasteiger partial charge in [0.2, 0.25) is 0 Å². The van der Waals surface area contributed by atoms with Gasteiger partial charge in [-0.3, -0.25) is 4.79 Å². The number of benzene rings is 1. The molecule has 0 aromatic heterocycles. The van der Waals surface area contributed by atoms with Gasteiger partial charge < -0.3 is 11.1 Å². The average Bonchev–Trinajstić information content (AvgIpc) is 2.77. The minimum absolute atomic E-state index is 0.0164. The van der Waals surface area contributed by atoms with E-state index in [2.05, 4.69) is 19.2 Å². The summed E-state index contributed by atoms with van der Waals surface area (Å²) >= 11 is 0. The molecule has 0 heterocycles. The normalized spacial score (nSPS) is 21.6. The molecular weight excluding hydrogens is 207 g/mol. The SMILES string of the molecule is CC1(C)CC1NC(=O)c1cc(N)ccc1F. The fraction of sp³-hybridized carbons (Fsp3) is 0.417. The van der Waals surface area contributed by atoms with Crippen LogP contribution in [0.4, 0.5) is 10.1 Å². The van der Waals surface area contributed by atoms with Crippen LogP contribution in [0.25, 0.3) is 0 Å². The van der Waals surface area contributed by atoms with E-state index in [-0.39, 0.29) is 22.9 Å². The maximum absolute atomic E-state index is 13.4. The molecule has 0 spiro atoms. The largest absolute Gasteiger partial charge is 0.399 e. The number of rotatable bonds is 2.